The smallest absolute Gasteiger partial charge is 0.360 e. The van der Waals surface area contributed by atoms with Crippen molar-refractivity contribution in [1.82, 2.24) is 9.78 Å². The van der Waals surface area contributed by atoms with E-state index in [0.29, 0.717) is 11.6 Å². The molecule has 1 aromatic carbocycles. The van der Waals surface area contributed by atoms with E-state index in [1.54, 1.807) is 0 Å². The lowest BCUT2D eigenvalue weighted by molar-refractivity contribution is 0.0686. The van der Waals surface area contributed by atoms with Crippen LogP contribution in [0.4, 0.5) is 0 Å². The molecule has 0 atom stereocenters. The Balaban J connectivity index is 2.12. The molecule has 1 aliphatic rings. The highest BCUT2D eigenvalue weighted by Crippen LogP contribution is 2.35. The molecule has 120 valence electrons. The number of carboxylic acids is 1. The van der Waals surface area contributed by atoms with E-state index in [0.717, 1.165) is 18.4 Å². The van der Waals surface area contributed by atoms with Crippen molar-refractivity contribution in [2.75, 3.05) is 0 Å². The van der Waals surface area contributed by atoms with Crippen molar-refractivity contribution in [3.63, 3.8) is 0 Å². The lowest BCUT2D eigenvalue weighted by Crippen LogP contribution is -2.21. The molecule has 1 aliphatic carbocycles. The summed E-state index contributed by atoms with van der Waals surface area (Å²) in [6.07, 6.45) is 6.91. The number of benzene rings is 1. The summed E-state index contributed by atoms with van der Waals surface area (Å²) < 4.78 is 1.30. The van der Waals surface area contributed by atoms with Crippen LogP contribution in [0.15, 0.2) is 35.3 Å². The molecule has 1 fully saturated rings. The maximum Gasteiger partial charge on any atom is 0.360 e. The lowest BCUT2D eigenvalue weighted by atomic mass is 9.83. The summed E-state index contributed by atoms with van der Waals surface area (Å²) in [4.78, 5) is 22.8. The molecule has 0 bridgehead atoms. The first-order chi connectivity index (χ1) is 11.1. The molecule has 0 unspecified atom stereocenters. The molecule has 0 aliphatic heterocycles. The molecule has 1 saturated carbocycles. The molecule has 3 rings (SSSR count). The minimum absolute atomic E-state index is 0.386. The van der Waals surface area contributed by atoms with Crippen molar-refractivity contribution in [3.05, 3.63) is 51.9 Å². The molecule has 6 heteroatoms. The van der Waals surface area contributed by atoms with Crippen molar-refractivity contribution in [1.29, 1.82) is 0 Å². The van der Waals surface area contributed by atoms with Gasteiger partial charge in [0, 0.05) is 0 Å². The predicted molar refractivity (Wildman–Crippen MR) is 84.3 cm³/mol. The SMILES string of the molecule is O=C(O)c1nn(-c2ccccc2C2CCCCC2)cc(O)c1=O. The summed E-state index contributed by atoms with van der Waals surface area (Å²) >= 11 is 0. The molecule has 0 amide bonds. The van der Waals surface area contributed by atoms with E-state index in [9.17, 15) is 14.7 Å². The fourth-order valence-corrected chi connectivity index (χ4v) is 3.20. The number of rotatable bonds is 3. The minimum Gasteiger partial charge on any atom is -0.503 e. The molecule has 6 nitrogen and oxygen atoms in total. The number of nitrogens with zero attached hydrogens (tertiary/aromatic N) is 2. The van der Waals surface area contributed by atoms with E-state index in [4.69, 9.17) is 5.11 Å². The summed E-state index contributed by atoms with van der Waals surface area (Å²) in [6.45, 7) is 0. The van der Waals surface area contributed by atoms with Crippen LogP contribution < -0.4 is 5.43 Å². The Labute approximate surface area is 133 Å². The average Bonchev–Trinajstić information content (AvgIpc) is 2.57. The lowest BCUT2D eigenvalue weighted by Gasteiger charge is -2.24. The largest absolute Gasteiger partial charge is 0.503 e. The van der Waals surface area contributed by atoms with Crippen LogP contribution in [0, 0.1) is 0 Å². The zero-order valence-corrected chi connectivity index (χ0v) is 12.6. The van der Waals surface area contributed by atoms with Gasteiger partial charge < -0.3 is 10.2 Å². The molecule has 0 saturated heterocycles. The molecule has 2 N–H and O–H groups in total. The highest BCUT2D eigenvalue weighted by atomic mass is 16.4. The zero-order valence-electron chi connectivity index (χ0n) is 12.6. The number of aromatic hydroxyl groups is 1. The minimum atomic E-state index is -1.45. The van der Waals surface area contributed by atoms with Crippen LogP contribution in [-0.4, -0.2) is 26.0 Å². The second-order valence-corrected chi connectivity index (χ2v) is 5.84. The zero-order chi connectivity index (χ0) is 16.4. The standard InChI is InChI=1S/C17H18N2O4/c20-14-10-19(18-15(16(14)21)17(22)23)13-9-5-4-8-12(13)11-6-2-1-3-7-11/h4-5,8-11,20H,1-3,6-7H2,(H,22,23). The molecule has 2 aromatic rings. The van der Waals surface area contributed by atoms with E-state index in [2.05, 4.69) is 5.10 Å². The third kappa shape index (κ3) is 2.97. The van der Waals surface area contributed by atoms with Gasteiger partial charge in [0.2, 0.25) is 5.69 Å². The van der Waals surface area contributed by atoms with Gasteiger partial charge in [-0.1, -0.05) is 37.5 Å². The van der Waals surface area contributed by atoms with Gasteiger partial charge in [-0.3, -0.25) is 4.79 Å². The van der Waals surface area contributed by atoms with Crippen molar-refractivity contribution >= 4 is 5.97 Å². The van der Waals surface area contributed by atoms with Crippen molar-refractivity contribution in [2.45, 2.75) is 38.0 Å². The van der Waals surface area contributed by atoms with Crippen LogP contribution in [0.5, 0.6) is 5.75 Å². The van der Waals surface area contributed by atoms with Gasteiger partial charge in [-0.25, -0.2) is 9.48 Å². The van der Waals surface area contributed by atoms with Crippen molar-refractivity contribution < 1.29 is 15.0 Å². The summed E-state index contributed by atoms with van der Waals surface area (Å²) in [5.74, 6) is -1.68. The quantitative estimate of drug-likeness (QED) is 0.908. The number of hydrogen-bond acceptors (Lipinski definition) is 4. The molecule has 0 radical (unpaired) electrons. The third-order valence-electron chi connectivity index (χ3n) is 4.33. The fourth-order valence-electron chi connectivity index (χ4n) is 3.20. The van der Waals surface area contributed by atoms with Crippen molar-refractivity contribution in [3.8, 4) is 11.4 Å². The van der Waals surface area contributed by atoms with E-state index < -0.39 is 22.8 Å². The van der Waals surface area contributed by atoms with Gasteiger partial charge in [-0.15, -0.1) is 0 Å². The number of para-hydroxylation sites is 1. The van der Waals surface area contributed by atoms with Gasteiger partial charge in [0.1, 0.15) is 0 Å². The first-order valence-electron chi connectivity index (χ1n) is 7.73. The van der Waals surface area contributed by atoms with E-state index in [1.165, 1.54) is 30.1 Å². The van der Waals surface area contributed by atoms with Crippen LogP contribution in [0.1, 0.15) is 54.1 Å². The second-order valence-electron chi connectivity index (χ2n) is 5.84. The highest BCUT2D eigenvalue weighted by Gasteiger charge is 2.21. The first kappa shape index (κ1) is 15.3. The van der Waals surface area contributed by atoms with Gasteiger partial charge in [0.15, 0.2) is 5.75 Å². The van der Waals surface area contributed by atoms with Crippen LogP contribution in [0.3, 0.4) is 0 Å². The van der Waals surface area contributed by atoms with Gasteiger partial charge in [-0.05, 0) is 30.4 Å². The Morgan fingerprint density at radius 2 is 1.87 bits per heavy atom. The number of hydrogen-bond donors (Lipinski definition) is 2. The van der Waals surface area contributed by atoms with E-state index in [-0.39, 0.29) is 0 Å². The van der Waals surface area contributed by atoms with Gasteiger partial charge in [-0.2, -0.15) is 5.10 Å². The molecule has 1 aromatic heterocycles. The Kier molecular flexibility index (Phi) is 4.14. The molecular weight excluding hydrogens is 296 g/mol. The highest BCUT2D eigenvalue weighted by molar-refractivity contribution is 5.85. The number of aromatic nitrogens is 2. The number of aromatic carboxylic acids is 1. The van der Waals surface area contributed by atoms with Crippen molar-refractivity contribution in [2.24, 2.45) is 0 Å². The van der Waals surface area contributed by atoms with E-state index in [1.807, 2.05) is 24.3 Å². The summed E-state index contributed by atoms with van der Waals surface area (Å²) in [5.41, 5.74) is 0.128. The van der Waals surface area contributed by atoms with Gasteiger partial charge >= 0.3 is 5.97 Å². The fraction of sp³-hybridized carbons (Fsp3) is 0.353. The number of carboxylic acid groups (broad SMARTS) is 1. The number of carbonyl (C=O) groups is 1. The Hall–Kier alpha value is -2.63. The Morgan fingerprint density at radius 1 is 1.17 bits per heavy atom. The van der Waals surface area contributed by atoms with Crippen LogP contribution >= 0.6 is 0 Å². The Bertz CT molecular complexity index is 791. The predicted octanol–water partition coefficient (Wildman–Crippen LogP) is 2.68. The van der Waals surface area contributed by atoms with Gasteiger partial charge in [0.25, 0.3) is 5.43 Å². The van der Waals surface area contributed by atoms with Crippen LogP contribution in [0.2, 0.25) is 0 Å². The molecule has 23 heavy (non-hydrogen) atoms. The molecular formula is C17H18N2O4. The summed E-state index contributed by atoms with van der Waals surface area (Å²) in [6, 6.07) is 7.60. The van der Waals surface area contributed by atoms with Crippen LogP contribution in [-0.2, 0) is 0 Å². The summed E-state index contributed by atoms with van der Waals surface area (Å²) in [7, 11) is 0. The monoisotopic (exact) mass is 314 g/mol. The maximum atomic E-state index is 11.7. The maximum absolute atomic E-state index is 11.7. The molecule has 0 spiro atoms. The first-order valence-corrected chi connectivity index (χ1v) is 7.73. The average molecular weight is 314 g/mol. The summed E-state index contributed by atoms with van der Waals surface area (Å²) in [5, 5.41) is 22.8. The third-order valence-corrected chi connectivity index (χ3v) is 4.33. The van der Waals surface area contributed by atoms with E-state index >= 15 is 0 Å². The Morgan fingerprint density at radius 3 is 2.57 bits per heavy atom. The topological polar surface area (TPSA) is 92.4 Å². The molecule has 1 heterocycles. The normalized spacial score (nSPS) is 15.5. The second kappa shape index (κ2) is 6.24. The van der Waals surface area contributed by atoms with Crippen LogP contribution in [0.25, 0.3) is 5.69 Å². The van der Waals surface area contributed by atoms with Gasteiger partial charge in [0.05, 0.1) is 11.9 Å².